The van der Waals surface area contributed by atoms with Crippen molar-refractivity contribution in [1.82, 2.24) is 9.80 Å². The minimum Gasteiger partial charge on any atom is -0.336 e. The second-order valence-electron chi connectivity index (χ2n) is 6.73. The van der Waals surface area contributed by atoms with Crippen LogP contribution in [0, 0.1) is 0 Å². The lowest BCUT2D eigenvalue weighted by Crippen LogP contribution is -2.47. The van der Waals surface area contributed by atoms with Gasteiger partial charge in [0.05, 0.1) is 6.04 Å². The average molecular weight is 345 g/mol. The van der Waals surface area contributed by atoms with Crippen molar-refractivity contribution >= 4 is 17.7 Å². The molecule has 2 aliphatic heterocycles. The number of carbonyl (C=O) groups is 1. The van der Waals surface area contributed by atoms with Gasteiger partial charge in [-0.1, -0.05) is 24.3 Å². The Kier molecular flexibility index (Phi) is 6.38. The summed E-state index contributed by atoms with van der Waals surface area (Å²) in [6, 6.07) is 11.0. The highest BCUT2D eigenvalue weighted by Gasteiger charge is 2.29. The van der Waals surface area contributed by atoms with Gasteiger partial charge < -0.3 is 4.90 Å². The van der Waals surface area contributed by atoms with E-state index in [1.54, 1.807) is 6.92 Å². The van der Waals surface area contributed by atoms with E-state index in [1.807, 2.05) is 11.8 Å². The van der Waals surface area contributed by atoms with Crippen molar-refractivity contribution in [2.75, 3.05) is 31.9 Å². The van der Waals surface area contributed by atoms with Crippen LogP contribution in [0.15, 0.2) is 46.9 Å². The topological polar surface area (TPSA) is 23.6 Å². The van der Waals surface area contributed by atoms with E-state index in [1.165, 1.54) is 16.9 Å². The normalized spacial score (nSPS) is 22.3. The molecule has 1 amide bonds. The fraction of sp³-hybridized carbons (Fsp3) is 0.550. The first-order valence-electron chi connectivity index (χ1n) is 9.10. The fourth-order valence-corrected chi connectivity index (χ4v) is 4.70. The Hall–Kier alpha value is -1.26. The molecule has 1 aromatic rings. The molecule has 3 nitrogen and oxygen atoms in total. The molecule has 0 N–H and O–H groups in total. The highest BCUT2D eigenvalue weighted by atomic mass is 32.2. The molecule has 4 heteroatoms. The van der Waals surface area contributed by atoms with Crippen LogP contribution in [-0.2, 0) is 4.79 Å². The number of hydrogen-bond donors (Lipinski definition) is 0. The second kappa shape index (κ2) is 8.72. The van der Waals surface area contributed by atoms with Gasteiger partial charge in [-0.2, -0.15) is 0 Å². The summed E-state index contributed by atoms with van der Waals surface area (Å²) in [5.74, 6) is 1.36. The molecule has 2 heterocycles. The van der Waals surface area contributed by atoms with Crippen molar-refractivity contribution in [3.8, 4) is 0 Å². The first kappa shape index (κ1) is 17.6. The van der Waals surface area contributed by atoms with Crippen molar-refractivity contribution in [3.05, 3.63) is 42.0 Å². The van der Waals surface area contributed by atoms with Gasteiger partial charge in [-0.3, -0.25) is 9.69 Å². The van der Waals surface area contributed by atoms with Gasteiger partial charge in [-0.25, -0.2) is 0 Å². The molecule has 0 aliphatic carbocycles. The lowest BCUT2D eigenvalue weighted by atomic mass is 9.92. The highest BCUT2D eigenvalue weighted by molar-refractivity contribution is 7.99. The lowest BCUT2D eigenvalue weighted by Gasteiger charge is -2.39. The van der Waals surface area contributed by atoms with Crippen LogP contribution < -0.4 is 0 Å². The van der Waals surface area contributed by atoms with E-state index < -0.39 is 0 Å². The summed E-state index contributed by atoms with van der Waals surface area (Å²) in [6.45, 7) is 5.94. The Balaban J connectivity index is 1.52. The number of amides is 1. The van der Waals surface area contributed by atoms with Crippen LogP contribution in [0.25, 0.3) is 0 Å². The van der Waals surface area contributed by atoms with Gasteiger partial charge in [0.1, 0.15) is 0 Å². The Morgan fingerprint density at radius 3 is 2.83 bits per heavy atom. The molecule has 0 spiro atoms. The third-order valence-electron chi connectivity index (χ3n) is 5.01. The molecule has 1 saturated heterocycles. The van der Waals surface area contributed by atoms with Gasteiger partial charge >= 0.3 is 0 Å². The van der Waals surface area contributed by atoms with Crippen LogP contribution >= 0.6 is 11.8 Å². The number of nitrogens with zero attached hydrogens (tertiary/aromatic N) is 2. The van der Waals surface area contributed by atoms with E-state index >= 15 is 0 Å². The smallest absolute Gasteiger partial charge is 0.219 e. The van der Waals surface area contributed by atoms with Crippen molar-refractivity contribution in [1.29, 1.82) is 0 Å². The van der Waals surface area contributed by atoms with Gasteiger partial charge in [-0.05, 0) is 43.4 Å². The van der Waals surface area contributed by atoms with E-state index in [0.29, 0.717) is 6.04 Å². The molecule has 1 atom stereocenters. The standard InChI is InChI=1S/C20H28N2OS/c1-17(23)22-13-6-5-11-20(22)18-8-7-12-21(16-18)14-15-24-19-9-3-2-4-10-19/h2-4,8-10,20H,5-7,11-16H2,1H3. The Morgan fingerprint density at radius 1 is 1.21 bits per heavy atom. The first-order chi connectivity index (χ1) is 11.7. The summed E-state index contributed by atoms with van der Waals surface area (Å²) in [4.78, 5) is 17.9. The van der Waals surface area contributed by atoms with Crippen LogP contribution in [0.3, 0.4) is 0 Å². The summed E-state index contributed by atoms with van der Waals surface area (Å²) in [5.41, 5.74) is 1.47. The van der Waals surface area contributed by atoms with Gasteiger partial charge in [0, 0.05) is 43.8 Å². The maximum absolute atomic E-state index is 11.9. The van der Waals surface area contributed by atoms with Gasteiger partial charge in [-0.15, -0.1) is 11.8 Å². The van der Waals surface area contributed by atoms with E-state index in [4.69, 9.17) is 0 Å². The van der Waals surface area contributed by atoms with Crippen molar-refractivity contribution < 1.29 is 4.79 Å². The summed E-state index contributed by atoms with van der Waals surface area (Å²) >= 11 is 1.93. The lowest BCUT2D eigenvalue weighted by molar-refractivity contribution is -0.131. The molecule has 130 valence electrons. The van der Waals surface area contributed by atoms with Crippen LogP contribution in [0.5, 0.6) is 0 Å². The zero-order valence-corrected chi connectivity index (χ0v) is 15.4. The first-order valence-corrected chi connectivity index (χ1v) is 10.1. The molecule has 0 saturated carbocycles. The third-order valence-corrected chi connectivity index (χ3v) is 6.00. The molecular weight excluding hydrogens is 316 g/mol. The highest BCUT2D eigenvalue weighted by Crippen LogP contribution is 2.26. The predicted octanol–water partition coefficient (Wildman–Crippen LogP) is 3.81. The molecule has 3 rings (SSSR count). The summed E-state index contributed by atoms with van der Waals surface area (Å²) < 4.78 is 0. The van der Waals surface area contributed by atoms with Crippen LogP contribution in [0.2, 0.25) is 0 Å². The number of rotatable bonds is 5. The van der Waals surface area contributed by atoms with Gasteiger partial charge in [0.2, 0.25) is 5.91 Å². The van der Waals surface area contributed by atoms with Crippen molar-refractivity contribution in [2.24, 2.45) is 0 Å². The van der Waals surface area contributed by atoms with E-state index in [-0.39, 0.29) is 5.91 Å². The largest absolute Gasteiger partial charge is 0.336 e. The minimum atomic E-state index is 0.234. The number of hydrogen-bond acceptors (Lipinski definition) is 3. The average Bonchev–Trinajstić information content (AvgIpc) is 2.63. The predicted molar refractivity (Wildman–Crippen MR) is 101 cm³/mol. The summed E-state index contributed by atoms with van der Waals surface area (Å²) in [7, 11) is 0. The summed E-state index contributed by atoms with van der Waals surface area (Å²) in [6.07, 6.45) is 7.05. The van der Waals surface area contributed by atoms with E-state index in [2.05, 4.69) is 46.2 Å². The molecule has 2 aliphatic rings. The van der Waals surface area contributed by atoms with E-state index in [9.17, 15) is 4.79 Å². The number of benzene rings is 1. The zero-order chi connectivity index (χ0) is 16.8. The van der Waals surface area contributed by atoms with Crippen LogP contribution in [-0.4, -0.2) is 53.7 Å². The molecule has 0 radical (unpaired) electrons. The Morgan fingerprint density at radius 2 is 2.04 bits per heavy atom. The van der Waals surface area contributed by atoms with Gasteiger partial charge in [0.25, 0.3) is 0 Å². The molecule has 1 unspecified atom stereocenters. The minimum absolute atomic E-state index is 0.234. The number of likely N-dealkylation sites (tertiary alicyclic amines) is 1. The van der Waals surface area contributed by atoms with E-state index in [0.717, 1.165) is 51.2 Å². The van der Waals surface area contributed by atoms with Crippen molar-refractivity contribution in [2.45, 2.75) is 43.5 Å². The molecule has 1 aromatic carbocycles. The van der Waals surface area contributed by atoms with Gasteiger partial charge in [0.15, 0.2) is 0 Å². The Bertz CT molecular complexity index is 572. The molecule has 0 aromatic heterocycles. The number of thioether (sulfide) groups is 1. The molecule has 24 heavy (non-hydrogen) atoms. The molecule has 0 bridgehead atoms. The second-order valence-corrected chi connectivity index (χ2v) is 7.90. The third kappa shape index (κ3) is 4.64. The molecular formula is C20H28N2OS. The van der Waals surface area contributed by atoms with Crippen LogP contribution in [0.1, 0.15) is 32.6 Å². The van der Waals surface area contributed by atoms with Crippen molar-refractivity contribution in [3.63, 3.8) is 0 Å². The zero-order valence-electron chi connectivity index (χ0n) is 14.6. The summed E-state index contributed by atoms with van der Waals surface area (Å²) in [5, 5.41) is 0. The monoisotopic (exact) mass is 344 g/mol. The SMILES string of the molecule is CC(=O)N1CCCCC1C1=CCCN(CCSc2ccccc2)C1. The molecule has 1 fully saturated rings. The number of carbonyl (C=O) groups excluding carboxylic acids is 1. The Labute approximate surface area is 150 Å². The number of piperidine rings is 1. The maximum atomic E-state index is 11.9. The quantitative estimate of drug-likeness (QED) is 0.599. The fourth-order valence-electron chi connectivity index (χ4n) is 3.77. The maximum Gasteiger partial charge on any atom is 0.219 e. The van der Waals surface area contributed by atoms with Crippen LogP contribution in [0.4, 0.5) is 0 Å².